The summed E-state index contributed by atoms with van der Waals surface area (Å²) in [6.07, 6.45) is 8.68. The first-order valence-electron chi connectivity index (χ1n) is 11.9. The summed E-state index contributed by atoms with van der Waals surface area (Å²) in [4.78, 5) is 0. The van der Waals surface area contributed by atoms with Crippen LogP contribution in [0.5, 0.6) is 11.5 Å². The summed E-state index contributed by atoms with van der Waals surface area (Å²) in [5.41, 5.74) is 4.65. The fraction of sp³-hybridized carbons (Fsp3) is 0.379. The van der Waals surface area contributed by atoms with Crippen molar-refractivity contribution in [2.75, 3.05) is 13.2 Å². The Balaban J connectivity index is 1.64. The van der Waals surface area contributed by atoms with E-state index in [-0.39, 0.29) is 0 Å². The van der Waals surface area contributed by atoms with E-state index in [1.54, 1.807) is 0 Å². The van der Waals surface area contributed by atoms with Crippen LogP contribution >= 0.6 is 0 Å². The van der Waals surface area contributed by atoms with Crippen LogP contribution < -0.4 is 9.47 Å². The van der Waals surface area contributed by atoms with E-state index < -0.39 is 0 Å². The van der Waals surface area contributed by atoms with Crippen molar-refractivity contribution in [1.82, 2.24) is 0 Å². The Hall–Kier alpha value is -2.74. The van der Waals surface area contributed by atoms with Gasteiger partial charge in [0.15, 0.2) is 0 Å². The monoisotopic (exact) mass is 416 g/mol. The average Bonchev–Trinajstić information content (AvgIpc) is 2.83. The molecule has 2 heteroatoms. The Kier molecular flexibility index (Phi) is 9.50. The Labute approximate surface area is 188 Å². The van der Waals surface area contributed by atoms with Gasteiger partial charge in [-0.3, -0.25) is 0 Å². The van der Waals surface area contributed by atoms with E-state index in [1.165, 1.54) is 43.2 Å². The van der Waals surface area contributed by atoms with Crippen LogP contribution in [0.25, 0.3) is 22.3 Å². The maximum Gasteiger partial charge on any atom is 0.127 e. The lowest BCUT2D eigenvalue weighted by Crippen LogP contribution is -1.98. The van der Waals surface area contributed by atoms with Gasteiger partial charge in [-0.1, -0.05) is 101 Å². The van der Waals surface area contributed by atoms with Crippen molar-refractivity contribution in [3.8, 4) is 33.8 Å². The molecule has 0 aliphatic heterocycles. The number of hydrogen-bond acceptors (Lipinski definition) is 2. The van der Waals surface area contributed by atoms with Gasteiger partial charge < -0.3 is 9.47 Å². The third kappa shape index (κ3) is 7.17. The van der Waals surface area contributed by atoms with E-state index in [9.17, 15) is 0 Å². The Bertz CT molecular complexity index is 884. The van der Waals surface area contributed by atoms with Gasteiger partial charge >= 0.3 is 0 Å². The molecule has 0 saturated carbocycles. The Morgan fingerprint density at radius 2 is 1.26 bits per heavy atom. The second kappa shape index (κ2) is 12.8. The minimum Gasteiger partial charge on any atom is -0.494 e. The second-order valence-electron chi connectivity index (χ2n) is 8.07. The molecule has 3 aromatic rings. The number of hydrogen-bond donors (Lipinski definition) is 0. The lowest BCUT2D eigenvalue weighted by Gasteiger charge is -2.14. The molecule has 0 bridgehead atoms. The minimum absolute atomic E-state index is 0.717. The fourth-order valence-electron chi connectivity index (χ4n) is 3.71. The van der Waals surface area contributed by atoms with Gasteiger partial charge in [0.05, 0.1) is 13.2 Å². The number of rotatable bonds is 13. The molecule has 3 rings (SSSR count). The van der Waals surface area contributed by atoms with Crippen LogP contribution in [0.4, 0.5) is 0 Å². The molecule has 0 aliphatic rings. The SMILES string of the molecule is CCCCCCCCOc1ccc(-c2ccc(-c3ccccc3)c(OCCC)c2)cc1. The molecular formula is C29H36O2. The summed E-state index contributed by atoms with van der Waals surface area (Å²) in [5, 5.41) is 0. The predicted octanol–water partition coefficient (Wildman–Crippen LogP) is 8.55. The first-order valence-corrected chi connectivity index (χ1v) is 11.9. The van der Waals surface area contributed by atoms with E-state index in [2.05, 4.69) is 80.6 Å². The summed E-state index contributed by atoms with van der Waals surface area (Å²) >= 11 is 0. The van der Waals surface area contributed by atoms with Crippen LogP contribution in [-0.4, -0.2) is 13.2 Å². The number of ether oxygens (including phenoxy) is 2. The van der Waals surface area contributed by atoms with Gasteiger partial charge in [0.1, 0.15) is 11.5 Å². The molecule has 3 aromatic carbocycles. The van der Waals surface area contributed by atoms with E-state index in [1.807, 2.05) is 6.07 Å². The van der Waals surface area contributed by atoms with Gasteiger partial charge in [0.2, 0.25) is 0 Å². The highest BCUT2D eigenvalue weighted by Crippen LogP contribution is 2.35. The Morgan fingerprint density at radius 3 is 2.00 bits per heavy atom. The van der Waals surface area contributed by atoms with Crippen LogP contribution in [0.2, 0.25) is 0 Å². The van der Waals surface area contributed by atoms with Gasteiger partial charge in [-0.15, -0.1) is 0 Å². The van der Waals surface area contributed by atoms with Gasteiger partial charge in [-0.05, 0) is 47.7 Å². The highest BCUT2D eigenvalue weighted by Gasteiger charge is 2.09. The molecule has 0 saturated heterocycles. The molecule has 0 heterocycles. The zero-order valence-electron chi connectivity index (χ0n) is 19.1. The first-order chi connectivity index (χ1) is 15.3. The molecule has 0 atom stereocenters. The van der Waals surface area contributed by atoms with Crippen molar-refractivity contribution in [2.24, 2.45) is 0 Å². The highest BCUT2D eigenvalue weighted by molar-refractivity contribution is 5.76. The summed E-state index contributed by atoms with van der Waals surface area (Å²) in [6, 6.07) is 25.3. The Morgan fingerprint density at radius 1 is 0.548 bits per heavy atom. The van der Waals surface area contributed by atoms with Crippen LogP contribution in [0.1, 0.15) is 58.8 Å². The average molecular weight is 417 g/mol. The quantitative estimate of drug-likeness (QED) is 0.260. The van der Waals surface area contributed by atoms with Crippen molar-refractivity contribution in [3.63, 3.8) is 0 Å². The van der Waals surface area contributed by atoms with Gasteiger partial charge in [0.25, 0.3) is 0 Å². The molecule has 0 fully saturated rings. The van der Waals surface area contributed by atoms with Crippen LogP contribution in [-0.2, 0) is 0 Å². The van der Waals surface area contributed by atoms with Crippen LogP contribution in [0.15, 0.2) is 72.8 Å². The van der Waals surface area contributed by atoms with Gasteiger partial charge in [-0.2, -0.15) is 0 Å². The van der Waals surface area contributed by atoms with Gasteiger partial charge in [0, 0.05) is 5.56 Å². The van der Waals surface area contributed by atoms with Crippen LogP contribution in [0.3, 0.4) is 0 Å². The molecule has 0 amide bonds. The summed E-state index contributed by atoms with van der Waals surface area (Å²) in [5.74, 6) is 1.88. The summed E-state index contributed by atoms with van der Waals surface area (Å²) < 4.78 is 12.0. The maximum absolute atomic E-state index is 6.10. The second-order valence-corrected chi connectivity index (χ2v) is 8.07. The van der Waals surface area contributed by atoms with Crippen molar-refractivity contribution in [2.45, 2.75) is 58.8 Å². The van der Waals surface area contributed by atoms with Crippen LogP contribution in [0, 0.1) is 0 Å². The largest absolute Gasteiger partial charge is 0.494 e. The lowest BCUT2D eigenvalue weighted by atomic mass is 9.99. The fourth-order valence-corrected chi connectivity index (χ4v) is 3.71. The smallest absolute Gasteiger partial charge is 0.127 e. The summed E-state index contributed by atoms with van der Waals surface area (Å²) in [7, 11) is 0. The zero-order chi connectivity index (χ0) is 21.7. The summed E-state index contributed by atoms with van der Waals surface area (Å²) in [6.45, 7) is 5.90. The van der Waals surface area contributed by atoms with Crippen molar-refractivity contribution in [1.29, 1.82) is 0 Å². The zero-order valence-corrected chi connectivity index (χ0v) is 19.1. The first kappa shape index (κ1) is 22.9. The third-order valence-corrected chi connectivity index (χ3v) is 5.48. The molecule has 2 nitrogen and oxygen atoms in total. The van der Waals surface area contributed by atoms with Gasteiger partial charge in [-0.25, -0.2) is 0 Å². The molecule has 0 spiro atoms. The maximum atomic E-state index is 6.10. The molecule has 164 valence electrons. The number of unbranched alkanes of at least 4 members (excludes halogenated alkanes) is 5. The third-order valence-electron chi connectivity index (χ3n) is 5.48. The minimum atomic E-state index is 0.717. The van der Waals surface area contributed by atoms with E-state index in [0.29, 0.717) is 6.61 Å². The van der Waals surface area contributed by atoms with Crippen molar-refractivity contribution in [3.05, 3.63) is 72.8 Å². The van der Waals surface area contributed by atoms with E-state index in [0.717, 1.165) is 42.1 Å². The van der Waals surface area contributed by atoms with E-state index in [4.69, 9.17) is 9.47 Å². The van der Waals surface area contributed by atoms with E-state index >= 15 is 0 Å². The molecule has 0 aliphatic carbocycles. The standard InChI is InChI=1S/C29H36O2/c1-3-5-6-7-8-12-22-30-27-18-15-24(16-19-27)26-17-20-28(25-13-10-9-11-14-25)29(23-26)31-21-4-2/h9-11,13-20,23H,3-8,12,21-22H2,1-2H3. The predicted molar refractivity (Wildman–Crippen MR) is 132 cm³/mol. The number of benzene rings is 3. The van der Waals surface area contributed by atoms with Crippen molar-refractivity contribution < 1.29 is 9.47 Å². The van der Waals surface area contributed by atoms with Crippen molar-refractivity contribution >= 4 is 0 Å². The molecule has 0 aromatic heterocycles. The normalized spacial score (nSPS) is 10.8. The molecule has 0 N–H and O–H groups in total. The molecule has 0 unspecified atom stereocenters. The molecular weight excluding hydrogens is 380 g/mol. The highest BCUT2D eigenvalue weighted by atomic mass is 16.5. The molecule has 0 radical (unpaired) electrons. The topological polar surface area (TPSA) is 18.5 Å². The molecule has 31 heavy (non-hydrogen) atoms. The lowest BCUT2D eigenvalue weighted by molar-refractivity contribution is 0.304.